The Bertz CT molecular complexity index is 580. The zero-order valence-electron chi connectivity index (χ0n) is 12.1. The number of benzene rings is 2. The van der Waals surface area contributed by atoms with E-state index in [1.54, 1.807) is 0 Å². The van der Waals surface area contributed by atoms with E-state index >= 15 is 0 Å². The number of hydrogen-bond acceptors (Lipinski definition) is 3. The summed E-state index contributed by atoms with van der Waals surface area (Å²) in [5, 5.41) is 5.75. The van der Waals surface area contributed by atoms with Crippen molar-refractivity contribution in [2.45, 2.75) is 26.3 Å². The van der Waals surface area contributed by atoms with Crippen LogP contribution in [-0.4, -0.2) is 19.1 Å². The molecule has 0 heterocycles. The van der Waals surface area contributed by atoms with Crippen molar-refractivity contribution in [1.29, 1.82) is 0 Å². The average Bonchev–Trinajstić information content (AvgIpc) is 2.46. The van der Waals surface area contributed by atoms with E-state index in [9.17, 15) is 4.79 Å². The molecule has 0 amide bonds. The number of ether oxygens (including phenoxy) is 1. The quantitative estimate of drug-likeness (QED) is 0.818. The molecule has 0 saturated heterocycles. The number of esters is 1. The van der Waals surface area contributed by atoms with Crippen molar-refractivity contribution in [1.82, 2.24) is 5.32 Å². The molecule has 0 saturated carbocycles. The van der Waals surface area contributed by atoms with Crippen molar-refractivity contribution < 1.29 is 9.53 Å². The first-order chi connectivity index (χ1) is 9.74. The summed E-state index contributed by atoms with van der Waals surface area (Å²) in [6.07, 6.45) is 0.361. The van der Waals surface area contributed by atoms with E-state index in [1.165, 1.54) is 10.8 Å². The number of fused-ring (bicyclic) bond motifs is 1. The Morgan fingerprint density at radius 1 is 1.15 bits per heavy atom. The van der Waals surface area contributed by atoms with Crippen molar-refractivity contribution in [3.05, 3.63) is 48.0 Å². The van der Waals surface area contributed by atoms with Gasteiger partial charge in [0.1, 0.15) is 0 Å². The summed E-state index contributed by atoms with van der Waals surface area (Å²) in [6, 6.07) is 14.6. The number of carbonyl (C=O) groups is 1. The smallest absolute Gasteiger partial charge is 0.307 e. The largest absolute Gasteiger partial charge is 0.466 e. The Kier molecular flexibility index (Phi) is 5.13. The lowest BCUT2D eigenvalue weighted by Crippen LogP contribution is -2.24. The first-order valence-corrected chi connectivity index (χ1v) is 7.12. The van der Waals surface area contributed by atoms with Crippen LogP contribution in [0.2, 0.25) is 0 Å². The molecular weight excluding hydrogens is 250 g/mol. The van der Waals surface area contributed by atoms with Gasteiger partial charge < -0.3 is 10.1 Å². The van der Waals surface area contributed by atoms with Gasteiger partial charge >= 0.3 is 5.97 Å². The molecule has 2 aromatic rings. The van der Waals surface area contributed by atoms with Gasteiger partial charge in [-0.3, -0.25) is 4.79 Å². The monoisotopic (exact) mass is 271 g/mol. The summed E-state index contributed by atoms with van der Waals surface area (Å²) in [4.78, 5) is 11.7. The molecular formula is C17H21NO2. The third-order valence-electron chi connectivity index (χ3n) is 3.30. The standard InChI is InChI=1S/C17H21NO2/c1-3-18-16(12-17(19)20-4-2)15-10-9-13-7-5-6-8-14(13)11-15/h5-11,16,18H,3-4,12H2,1-2H3. The van der Waals surface area contributed by atoms with Crippen LogP contribution in [0.25, 0.3) is 10.8 Å². The predicted molar refractivity (Wildman–Crippen MR) is 81.6 cm³/mol. The molecule has 0 aromatic heterocycles. The molecule has 20 heavy (non-hydrogen) atoms. The van der Waals surface area contributed by atoms with Crippen molar-refractivity contribution in [3.8, 4) is 0 Å². The van der Waals surface area contributed by atoms with Crippen LogP contribution >= 0.6 is 0 Å². The van der Waals surface area contributed by atoms with Crippen LogP contribution in [0.5, 0.6) is 0 Å². The fourth-order valence-electron chi connectivity index (χ4n) is 2.37. The number of rotatable bonds is 6. The maximum absolute atomic E-state index is 11.7. The zero-order valence-corrected chi connectivity index (χ0v) is 12.1. The third-order valence-corrected chi connectivity index (χ3v) is 3.30. The van der Waals surface area contributed by atoms with E-state index in [0.29, 0.717) is 13.0 Å². The van der Waals surface area contributed by atoms with Crippen molar-refractivity contribution in [2.24, 2.45) is 0 Å². The first-order valence-electron chi connectivity index (χ1n) is 7.12. The molecule has 3 nitrogen and oxygen atoms in total. The van der Waals surface area contributed by atoms with E-state index in [4.69, 9.17) is 4.74 Å². The summed E-state index contributed by atoms with van der Waals surface area (Å²) in [7, 11) is 0. The van der Waals surface area contributed by atoms with Crippen LogP contribution in [0.3, 0.4) is 0 Å². The van der Waals surface area contributed by atoms with Gasteiger partial charge in [0, 0.05) is 6.04 Å². The molecule has 0 aliphatic rings. The molecule has 0 bridgehead atoms. The lowest BCUT2D eigenvalue weighted by atomic mass is 9.99. The predicted octanol–water partition coefficient (Wildman–Crippen LogP) is 3.44. The van der Waals surface area contributed by atoms with E-state index in [-0.39, 0.29) is 12.0 Å². The second kappa shape index (κ2) is 7.06. The van der Waals surface area contributed by atoms with Gasteiger partial charge in [-0.25, -0.2) is 0 Å². The van der Waals surface area contributed by atoms with Crippen LogP contribution < -0.4 is 5.32 Å². The van der Waals surface area contributed by atoms with E-state index < -0.39 is 0 Å². The summed E-state index contributed by atoms with van der Waals surface area (Å²) in [5.41, 5.74) is 1.12. The number of carbonyl (C=O) groups excluding carboxylic acids is 1. The van der Waals surface area contributed by atoms with Crippen LogP contribution in [0, 0.1) is 0 Å². The van der Waals surface area contributed by atoms with Crippen LogP contribution in [-0.2, 0) is 9.53 Å². The molecule has 0 aliphatic carbocycles. The van der Waals surface area contributed by atoms with Gasteiger partial charge in [-0.1, -0.05) is 43.3 Å². The van der Waals surface area contributed by atoms with Gasteiger partial charge in [0.15, 0.2) is 0 Å². The molecule has 1 unspecified atom stereocenters. The lowest BCUT2D eigenvalue weighted by Gasteiger charge is -2.18. The number of hydrogen-bond donors (Lipinski definition) is 1. The van der Waals surface area contributed by atoms with Crippen molar-refractivity contribution >= 4 is 16.7 Å². The van der Waals surface area contributed by atoms with Crippen LogP contribution in [0.4, 0.5) is 0 Å². The van der Waals surface area contributed by atoms with Crippen LogP contribution in [0.1, 0.15) is 31.9 Å². The Balaban J connectivity index is 2.23. The summed E-state index contributed by atoms with van der Waals surface area (Å²) < 4.78 is 5.05. The topological polar surface area (TPSA) is 38.3 Å². The minimum Gasteiger partial charge on any atom is -0.466 e. The van der Waals surface area contributed by atoms with Gasteiger partial charge in [-0.05, 0) is 35.9 Å². The normalized spacial score (nSPS) is 12.3. The Morgan fingerprint density at radius 3 is 2.60 bits per heavy atom. The molecule has 0 spiro atoms. The fraction of sp³-hybridized carbons (Fsp3) is 0.353. The molecule has 0 fully saturated rings. The van der Waals surface area contributed by atoms with Gasteiger partial charge in [0.25, 0.3) is 0 Å². The minimum absolute atomic E-state index is 0.00339. The highest BCUT2D eigenvalue weighted by Gasteiger charge is 2.16. The second-order valence-corrected chi connectivity index (χ2v) is 4.73. The average molecular weight is 271 g/mol. The summed E-state index contributed by atoms with van der Waals surface area (Å²) in [6.45, 7) is 5.11. The maximum atomic E-state index is 11.7. The van der Waals surface area contributed by atoms with Crippen LogP contribution in [0.15, 0.2) is 42.5 Å². The third kappa shape index (κ3) is 3.58. The molecule has 1 N–H and O–H groups in total. The second-order valence-electron chi connectivity index (χ2n) is 4.73. The van der Waals surface area contributed by atoms with Crippen molar-refractivity contribution in [2.75, 3.05) is 13.2 Å². The molecule has 0 radical (unpaired) electrons. The molecule has 1 atom stereocenters. The fourth-order valence-corrected chi connectivity index (χ4v) is 2.37. The highest BCUT2D eigenvalue weighted by Crippen LogP contribution is 2.22. The Labute approximate surface area is 119 Å². The Hall–Kier alpha value is -1.87. The minimum atomic E-state index is -0.161. The van der Waals surface area contributed by atoms with E-state index in [2.05, 4.69) is 35.6 Å². The SMILES string of the molecule is CCNC(CC(=O)OCC)c1ccc2ccccc2c1. The first kappa shape index (κ1) is 14.5. The van der Waals surface area contributed by atoms with Gasteiger partial charge in [-0.15, -0.1) is 0 Å². The molecule has 2 rings (SSSR count). The highest BCUT2D eigenvalue weighted by molar-refractivity contribution is 5.83. The molecule has 2 aromatic carbocycles. The number of nitrogens with one attached hydrogen (secondary N) is 1. The van der Waals surface area contributed by atoms with Gasteiger partial charge in [-0.2, -0.15) is 0 Å². The summed E-state index contributed by atoms with van der Waals surface area (Å²) >= 11 is 0. The molecule has 0 aliphatic heterocycles. The van der Waals surface area contributed by atoms with E-state index in [0.717, 1.165) is 12.1 Å². The van der Waals surface area contributed by atoms with E-state index in [1.807, 2.05) is 26.0 Å². The highest BCUT2D eigenvalue weighted by atomic mass is 16.5. The maximum Gasteiger partial charge on any atom is 0.307 e. The lowest BCUT2D eigenvalue weighted by molar-refractivity contribution is -0.143. The van der Waals surface area contributed by atoms with Gasteiger partial charge in [0.05, 0.1) is 13.0 Å². The Morgan fingerprint density at radius 2 is 1.90 bits per heavy atom. The zero-order chi connectivity index (χ0) is 14.4. The molecule has 3 heteroatoms. The van der Waals surface area contributed by atoms with Crippen molar-refractivity contribution in [3.63, 3.8) is 0 Å². The van der Waals surface area contributed by atoms with Gasteiger partial charge in [0.2, 0.25) is 0 Å². The molecule has 106 valence electrons. The summed E-state index contributed by atoms with van der Waals surface area (Å²) in [5.74, 6) is -0.161.